The summed E-state index contributed by atoms with van der Waals surface area (Å²) in [5.41, 5.74) is 2.73. The van der Waals surface area contributed by atoms with Gasteiger partial charge in [-0.15, -0.1) is 0 Å². The lowest BCUT2D eigenvalue weighted by molar-refractivity contribution is -0.120. The van der Waals surface area contributed by atoms with Crippen molar-refractivity contribution in [3.63, 3.8) is 0 Å². The Labute approximate surface area is 188 Å². The summed E-state index contributed by atoms with van der Waals surface area (Å²) in [6.45, 7) is 8.98. The topological polar surface area (TPSA) is 106 Å². The van der Waals surface area contributed by atoms with Crippen LogP contribution in [0.4, 0.5) is 10.5 Å². The number of hydrogen-bond acceptors (Lipinski definition) is 5. The molecule has 2 aromatic rings. The number of aryl methyl sites for hydroxylation is 2. The summed E-state index contributed by atoms with van der Waals surface area (Å²) in [5.74, 6) is -0.0331. The Balaban J connectivity index is 1.84. The number of carbonyl (C=O) groups is 3. The van der Waals surface area contributed by atoms with Crippen LogP contribution in [0.3, 0.4) is 0 Å². The zero-order valence-electron chi connectivity index (χ0n) is 19.2. The summed E-state index contributed by atoms with van der Waals surface area (Å²) in [5, 5.41) is 7.92. The van der Waals surface area contributed by atoms with Gasteiger partial charge in [0.15, 0.2) is 6.61 Å². The van der Waals surface area contributed by atoms with Crippen molar-refractivity contribution in [3.05, 3.63) is 59.2 Å². The van der Waals surface area contributed by atoms with Crippen molar-refractivity contribution in [2.24, 2.45) is 0 Å². The van der Waals surface area contributed by atoms with Crippen LogP contribution in [0.1, 0.15) is 37.5 Å². The fraction of sp³-hybridized carbons (Fsp3) is 0.375. The number of anilines is 1. The molecule has 2 aromatic carbocycles. The second-order valence-electron chi connectivity index (χ2n) is 8.40. The summed E-state index contributed by atoms with van der Waals surface area (Å²) in [4.78, 5) is 36.0. The molecule has 0 spiro atoms. The van der Waals surface area contributed by atoms with Gasteiger partial charge < -0.3 is 25.4 Å². The first-order valence-corrected chi connectivity index (χ1v) is 10.3. The van der Waals surface area contributed by atoms with Gasteiger partial charge in [-0.1, -0.05) is 35.9 Å². The van der Waals surface area contributed by atoms with E-state index in [4.69, 9.17) is 9.47 Å². The zero-order chi connectivity index (χ0) is 23.7. The van der Waals surface area contributed by atoms with Crippen molar-refractivity contribution in [3.8, 4) is 5.75 Å². The lowest BCUT2D eigenvalue weighted by Gasteiger charge is -2.19. The SMILES string of the molecule is Cc1ccc(OCC(=O)Nc2ccccc2CNC(=O)CNC(=O)OC(C)(C)C)c(C)c1. The second kappa shape index (κ2) is 11.2. The van der Waals surface area contributed by atoms with Gasteiger partial charge >= 0.3 is 6.09 Å². The van der Waals surface area contributed by atoms with Crippen LogP contribution >= 0.6 is 0 Å². The Morgan fingerprint density at radius 3 is 2.34 bits per heavy atom. The molecule has 172 valence electrons. The van der Waals surface area contributed by atoms with Crippen LogP contribution in [0.15, 0.2) is 42.5 Å². The fourth-order valence-corrected chi connectivity index (χ4v) is 2.81. The van der Waals surface area contributed by atoms with Crippen molar-refractivity contribution >= 4 is 23.6 Å². The number of rotatable bonds is 8. The molecule has 0 bridgehead atoms. The van der Waals surface area contributed by atoms with Crippen molar-refractivity contribution in [1.29, 1.82) is 0 Å². The van der Waals surface area contributed by atoms with Crippen molar-refractivity contribution in [2.75, 3.05) is 18.5 Å². The molecule has 32 heavy (non-hydrogen) atoms. The Bertz CT molecular complexity index is 966. The first kappa shape index (κ1) is 24.7. The van der Waals surface area contributed by atoms with Crippen LogP contribution < -0.4 is 20.7 Å². The van der Waals surface area contributed by atoms with Crippen LogP contribution in [0.25, 0.3) is 0 Å². The van der Waals surface area contributed by atoms with E-state index in [0.717, 1.165) is 16.7 Å². The summed E-state index contributed by atoms with van der Waals surface area (Å²) in [6, 6.07) is 12.9. The van der Waals surface area contributed by atoms with Gasteiger partial charge in [0.25, 0.3) is 5.91 Å². The third-order valence-electron chi connectivity index (χ3n) is 4.25. The van der Waals surface area contributed by atoms with E-state index in [9.17, 15) is 14.4 Å². The van der Waals surface area contributed by atoms with Gasteiger partial charge in [-0.25, -0.2) is 4.79 Å². The van der Waals surface area contributed by atoms with E-state index in [2.05, 4.69) is 16.0 Å². The van der Waals surface area contributed by atoms with E-state index in [1.54, 1.807) is 39.0 Å². The number of benzene rings is 2. The highest BCUT2D eigenvalue weighted by Gasteiger charge is 2.16. The third-order valence-corrected chi connectivity index (χ3v) is 4.25. The smallest absolute Gasteiger partial charge is 0.408 e. The van der Waals surface area contributed by atoms with E-state index in [-0.39, 0.29) is 31.5 Å². The summed E-state index contributed by atoms with van der Waals surface area (Å²) in [6.07, 6.45) is -0.663. The van der Waals surface area contributed by atoms with E-state index < -0.39 is 11.7 Å². The number of amides is 3. The molecule has 3 amide bonds. The molecule has 0 atom stereocenters. The second-order valence-corrected chi connectivity index (χ2v) is 8.40. The van der Waals surface area contributed by atoms with Crippen molar-refractivity contribution in [2.45, 2.75) is 46.8 Å². The summed E-state index contributed by atoms with van der Waals surface area (Å²) < 4.78 is 10.7. The zero-order valence-corrected chi connectivity index (χ0v) is 19.2. The maximum atomic E-state index is 12.4. The maximum absolute atomic E-state index is 12.4. The average Bonchev–Trinajstić information content (AvgIpc) is 2.69. The Kier molecular flexibility index (Phi) is 8.63. The molecule has 0 saturated heterocycles. The molecule has 3 N–H and O–H groups in total. The van der Waals surface area contributed by atoms with E-state index in [1.165, 1.54) is 0 Å². The van der Waals surface area contributed by atoms with Crippen LogP contribution in [0.2, 0.25) is 0 Å². The minimum absolute atomic E-state index is 0.135. The van der Waals surface area contributed by atoms with Gasteiger partial charge in [0.1, 0.15) is 17.9 Å². The molecule has 0 unspecified atom stereocenters. The molecule has 8 heteroatoms. The average molecular weight is 442 g/mol. The first-order chi connectivity index (χ1) is 15.0. The Morgan fingerprint density at radius 1 is 0.938 bits per heavy atom. The van der Waals surface area contributed by atoms with Crippen molar-refractivity contribution in [1.82, 2.24) is 10.6 Å². The minimum atomic E-state index is -0.663. The molecule has 0 aliphatic carbocycles. The van der Waals surface area contributed by atoms with E-state index in [0.29, 0.717) is 11.4 Å². The van der Waals surface area contributed by atoms with Gasteiger partial charge in [0, 0.05) is 12.2 Å². The lowest BCUT2D eigenvalue weighted by Crippen LogP contribution is -2.39. The quantitative estimate of drug-likeness (QED) is 0.582. The van der Waals surface area contributed by atoms with Gasteiger partial charge in [0.05, 0.1) is 0 Å². The highest BCUT2D eigenvalue weighted by molar-refractivity contribution is 5.92. The highest BCUT2D eigenvalue weighted by Crippen LogP contribution is 2.19. The highest BCUT2D eigenvalue weighted by atomic mass is 16.6. The predicted molar refractivity (Wildman–Crippen MR) is 123 cm³/mol. The number of para-hydroxylation sites is 1. The predicted octanol–water partition coefficient (Wildman–Crippen LogP) is 3.46. The van der Waals surface area contributed by atoms with E-state index >= 15 is 0 Å². The van der Waals surface area contributed by atoms with Gasteiger partial charge in [0.2, 0.25) is 5.91 Å². The number of carbonyl (C=O) groups excluding carboxylic acids is 3. The summed E-state index contributed by atoms with van der Waals surface area (Å²) >= 11 is 0. The molecule has 0 radical (unpaired) electrons. The molecule has 8 nitrogen and oxygen atoms in total. The number of nitrogens with one attached hydrogen (secondary N) is 3. The van der Waals surface area contributed by atoms with Gasteiger partial charge in [-0.05, 0) is 57.9 Å². The normalized spacial score (nSPS) is 10.8. The lowest BCUT2D eigenvalue weighted by atomic mass is 10.1. The molecule has 0 aliphatic heterocycles. The van der Waals surface area contributed by atoms with Crippen LogP contribution in [0, 0.1) is 13.8 Å². The van der Waals surface area contributed by atoms with Crippen LogP contribution in [-0.2, 0) is 20.9 Å². The largest absolute Gasteiger partial charge is 0.483 e. The fourth-order valence-electron chi connectivity index (χ4n) is 2.81. The van der Waals surface area contributed by atoms with Crippen LogP contribution in [-0.4, -0.2) is 36.7 Å². The third kappa shape index (κ3) is 8.67. The molecule has 0 heterocycles. The molecule has 2 rings (SSSR count). The molecule has 0 aliphatic rings. The standard InChI is InChI=1S/C24H31N3O5/c1-16-10-11-20(17(2)12-16)31-15-22(29)27-19-9-7-6-8-18(19)13-25-21(28)14-26-23(30)32-24(3,4)5/h6-12H,13-15H2,1-5H3,(H,25,28)(H,26,30)(H,27,29). The Hall–Kier alpha value is -3.55. The van der Waals surface area contributed by atoms with Gasteiger partial charge in [-0.3, -0.25) is 9.59 Å². The van der Waals surface area contributed by atoms with Crippen molar-refractivity contribution < 1.29 is 23.9 Å². The molecular formula is C24H31N3O5. The molecule has 0 fully saturated rings. The van der Waals surface area contributed by atoms with Gasteiger partial charge in [-0.2, -0.15) is 0 Å². The number of hydrogen-bond donors (Lipinski definition) is 3. The monoisotopic (exact) mass is 441 g/mol. The molecule has 0 aromatic heterocycles. The molecular weight excluding hydrogens is 410 g/mol. The first-order valence-electron chi connectivity index (χ1n) is 10.3. The molecule has 0 saturated carbocycles. The maximum Gasteiger partial charge on any atom is 0.408 e. The Morgan fingerprint density at radius 2 is 1.66 bits per heavy atom. The number of alkyl carbamates (subject to hydrolysis) is 1. The number of ether oxygens (including phenoxy) is 2. The summed E-state index contributed by atoms with van der Waals surface area (Å²) in [7, 11) is 0. The van der Waals surface area contributed by atoms with E-state index in [1.807, 2.05) is 38.1 Å². The van der Waals surface area contributed by atoms with Crippen LogP contribution in [0.5, 0.6) is 5.75 Å². The minimum Gasteiger partial charge on any atom is -0.483 e.